The molecule has 3 rings (SSSR count). The zero-order valence-corrected chi connectivity index (χ0v) is 16.1. The molecule has 0 atom stereocenters. The molecular weight excluding hydrogens is 354 g/mol. The third kappa shape index (κ3) is 4.26. The maximum atomic E-state index is 12.1. The van der Waals surface area contributed by atoms with Crippen LogP contribution < -0.4 is 5.32 Å². The lowest BCUT2D eigenvalue weighted by Crippen LogP contribution is -2.13. The Hall–Kier alpha value is -2.19. The summed E-state index contributed by atoms with van der Waals surface area (Å²) >= 11 is 2.72. The molecule has 2 aromatic heterocycles. The fraction of sp³-hybridized carbons (Fsp3) is 0.294. The van der Waals surface area contributed by atoms with E-state index in [-0.39, 0.29) is 11.7 Å². The van der Waals surface area contributed by atoms with Gasteiger partial charge in [-0.2, -0.15) is 0 Å². The monoisotopic (exact) mass is 373 g/mol. The topological polar surface area (TPSA) is 83.6 Å². The highest BCUT2D eigenvalue weighted by molar-refractivity contribution is 7.99. The summed E-state index contributed by atoms with van der Waals surface area (Å²) in [6.07, 6.45) is 0. The van der Waals surface area contributed by atoms with E-state index in [4.69, 9.17) is 0 Å². The Morgan fingerprint density at radius 2 is 1.92 bits per heavy atom. The molecule has 0 aliphatic heterocycles. The number of amides is 1. The summed E-state index contributed by atoms with van der Waals surface area (Å²) in [7, 11) is 0. The summed E-state index contributed by atoms with van der Waals surface area (Å²) < 4.78 is 0. The molecule has 6 nitrogen and oxygen atoms in total. The van der Waals surface area contributed by atoms with Crippen LogP contribution in [-0.2, 0) is 4.79 Å². The van der Waals surface area contributed by atoms with E-state index in [1.54, 1.807) is 0 Å². The second kappa shape index (κ2) is 7.37. The minimum Gasteiger partial charge on any atom is -0.301 e. The third-order valence-corrected chi connectivity index (χ3v) is 5.38. The fourth-order valence-corrected chi connectivity index (χ4v) is 3.73. The first-order valence-corrected chi connectivity index (χ1v) is 9.64. The van der Waals surface area contributed by atoms with Gasteiger partial charge in [-0.1, -0.05) is 17.8 Å². The van der Waals surface area contributed by atoms with Gasteiger partial charge in [-0.15, -0.1) is 16.4 Å². The van der Waals surface area contributed by atoms with Gasteiger partial charge in [-0.25, -0.2) is 9.97 Å². The van der Waals surface area contributed by atoms with Gasteiger partial charge in [0.25, 0.3) is 0 Å². The smallest absolute Gasteiger partial charge is 0.236 e. The number of aromatic nitrogens is 4. The van der Waals surface area contributed by atoms with Crippen LogP contribution in [-0.4, -0.2) is 31.8 Å². The predicted molar refractivity (Wildman–Crippen MR) is 102 cm³/mol. The molecule has 0 saturated carbocycles. The molecule has 2 heterocycles. The number of nitrogens with zero attached hydrogens (tertiary/aromatic N) is 3. The van der Waals surface area contributed by atoms with Gasteiger partial charge in [0, 0.05) is 10.9 Å². The lowest BCUT2D eigenvalue weighted by atomic mass is 9.99. The Balaban J connectivity index is 1.65. The van der Waals surface area contributed by atoms with Crippen molar-refractivity contribution >= 4 is 34.1 Å². The van der Waals surface area contributed by atoms with Crippen LogP contribution in [0.5, 0.6) is 0 Å². The molecular formula is C17H19N5OS2. The Kier molecular flexibility index (Phi) is 5.19. The van der Waals surface area contributed by atoms with Crippen LogP contribution in [0.4, 0.5) is 5.13 Å². The molecule has 3 aromatic rings. The molecule has 0 unspecified atom stereocenters. The lowest BCUT2D eigenvalue weighted by Gasteiger charge is -2.07. The highest BCUT2D eigenvalue weighted by Gasteiger charge is 2.12. The van der Waals surface area contributed by atoms with E-state index in [1.165, 1.54) is 39.8 Å². The molecule has 0 aliphatic rings. The number of hydrogen-bond acceptors (Lipinski definition) is 6. The summed E-state index contributed by atoms with van der Waals surface area (Å²) in [6, 6.07) is 4.31. The number of anilines is 1. The molecule has 1 aromatic carbocycles. The Labute approximate surface area is 154 Å². The zero-order valence-electron chi connectivity index (χ0n) is 14.5. The van der Waals surface area contributed by atoms with Crippen LogP contribution in [0, 0.1) is 27.7 Å². The van der Waals surface area contributed by atoms with Crippen LogP contribution >= 0.6 is 23.1 Å². The van der Waals surface area contributed by atoms with E-state index in [2.05, 4.69) is 58.4 Å². The molecule has 0 saturated heterocycles. The lowest BCUT2D eigenvalue weighted by molar-refractivity contribution is -0.113. The number of carbonyl (C=O) groups is 1. The minimum atomic E-state index is -0.120. The standard InChI is InChI=1S/C17H19N5OS2/c1-9-5-11(3)13(6-10(9)2)14-7-24-16(19-14)20-15(23)8-25-17-18-12(4)21-22-17/h5-7H,8H2,1-4H3,(H,18,21,22)(H,19,20,23). The number of thiazole rings is 1. The van der Waals surface area contributed by atoms with Crippen LogP contribution in [0.3, 0.4) is 0 Å². The van der Waals surface area contributed by atoms with Crippen LogP contribution in [0.1, 0.15) is 22.5 Å². The largest absolute Gasteiger partial charge is 0.301 e. The highest BCUT2D eigenvalue weighted by Crippen LogP contribution is 2.29. The zero-order chi connectivity index (χ0) is 18.0. The average Bonchev–Trinajstić information content (AvgIpc) is 3.18. The maximum absolute atomic E-state index is 12.1. The van der Waals surface area contributed by atoms with Crippen molar-refractivity contribution < 1.29 is 4.79 Å². The van der Waals surface area contributed by atoms with Crippen molar-refractivity contribution in [3.63, 3.8) is 0 Å². The van der Waals surface area contributed by atoms with Gasteiger partial charge in [0.2, 0.25) is 11.1 Å². The second-order valence-electron chi connectivity index (χ2n) is 5.83. The van der Waals surface area contributed by atoms with Gasteiger partial charge in [0.05, 0.1) is 11.4 Å². The minimum absolute atomic E-state index is 0.120. The highest BCUT2D eigenvalue weighted by atomic mass is 32.2. The summed E-state index contributed by atoms with van der Waals surface area (Å²) in [4.78, 5) is 20.8. The van der Waals surface area contributed by atoms with E-state index in [9.17, 15) is 4.79 Å². The number of benzene rings is 1. The summed E-state index contributed by atoms with van der Waals surface area (Å²) in [6.45, 7) is 8.10. The van der Waals surface area contributed by atoms with E-state index in [0.717, 1.165) is 17.1 Å². The quantitative estimate of drug-likeness (QED) is 0.663. The van der Waals surface area contributed by atoms with Gasteiger partial charge in [-0.3, -0.25) is 9.89 Å². The molecule has 8 heteroatoms. The number of carbonyl (C=O) groups excluding carboxylic acids is 1. The second-order valence-corrected chi connectivity index (χ2v) is 7.63. The average molecular weight is 374 g/mol. The number of H-pyrrole nitrogens is 1. The van der Waals surface area contributed by atoms with Crippen molar-refractivity contribution in [1.29, 1.82) is 0 Å². The summed E-state index contributed by atoms with van der Waals surface area (Å²) in [5, 5.41) is 12.7. The Morgan fingerprint density at radius 3 is 2.64 bits per heavy atom. The summed E-state index contributed by atoms with van der Waals surface area (Å²) in [5.74, 6) is 0.857. The van der Waals surface area contributed by atoms with Crippen molar-refractivity contribution in [2.75, 3.05) is 11.1 Å². The van der Waals surface area contributed by atoms with Gasteiger partial charge in [0.1, 0.15) is 5.82 Å². The molecule has 1 amide bonds. The molecule has 0 spiro atoms. The Morgan fingerprint density at radius 1 is 1.16 bits per heavy atom. The first-order valence-electron chi connectivity index (χ1n) is 7.78. The van der Waals surface area contributed by atoms with Gasteiger partial charge in [0.15, 0.2) is 5.13 Å². The third-order valence-electron chi connectivity index (χ3n) is 3.78. The van der Waals surface area contributed by atoms with Crippen LogP contribution in [0.2, 0.25) is 0 Å². The summed E-state index contributed by atoms with van der Waals surface area (Å²) in [5.41, 5.74) is 5.67. The molecule has 0 radical (unpaired) electrons. The van der Waals surface area contributed by atoms with Crippen LogP contribution in [0.15, 0.2) is 22.7 Å². The molecule has 0 fully saturated rings. The normalized spacial score (nSPS) is 10.9. The number of rotatable bonds is 5. The first-order chi connectivity index (χ1) is 11.9. The first kappa shape index (κ1) is 17.6. The van der Waals surface area contributed by atoms with E-state index < -0.39 is 0 Å². The van der Waals surface area contributed by atoms with E-state index in [1.807, 2.05) is 12.3 Å². The van der Waals surface area contributed by atoms with Gasteiger partial charge in [-0.05, 0) is 50.5 Å². The van der Waals surface area contributed by atoms with Crippen molar-refractivity contribution in [3.8, 4) is 11.3 Å². The molecule has 0 bridgehead atoms. The number of thioether (sulfide) groups is 1. The van der Waals surface area contributed by atoms with Crippen molar-refractivity contribution in [2.45, 2.75) is 32.9 Å². The SMILES string of the molecule is Cc1nc(SCC(=O)Nc2nc(-c3cc(C)c(C)cc3C)cs2)n[nH]1. The van der Waals surface area contributed by atoms with Crippen molar-refractivity contribution in [1.82, 2.24) is 20.2 Å². The Bertz CT molecular complexity index is 916. The number of nitrogens with one attached hydrogen (secondary N) is 2. The number of hydrogen-bond donors (Lipinski definition) is 2. The number of aromatic amines is 1. The van der Waals surface area contributed by atoms with Gasteiger partial charge >= 0.3 is 0 Å². The predicted octanol–water partition coefficient (Wildman–Crippen LogP) is 3.89. The maximum Gasteiger partial charge on any atom is 0.236 e. The van der Waals surface area contributed by atoms with Crippen molar-refractivity contribution in [2.24, 2.45) is 0 Å². The molecule has 130 valence electrons. The van der Waals surface area contributed by atoms with Crippen molar-refractivity contribution in [3.05, 3.63) is 40.0 Å². The van der Waals surface area contributed by atoms with Gasteiger partial charge < -0.3 is 5.32 Å². The number of aryl methyl sites for hydroxylation is 4. The van der Waals surface area contributed by atoms with Crippen LogP contribution in [0.25, 0.3) is 11.3 Å². The van der Waals surface area contributed by atoms with E-state index >= 15 is 0 Å². The molecule has 0 aliphatic carbocycles. The fourth-order valence-electron chi connectivity index (χ4n) is 2.36. The molecule has 25 heavy (non-hydrogen) atoms. The van der Waals surface area contributed by atoms with E-state index in [0.29, 0.717) is 10.3 Å². The molecule has 2 N–H and O–H groups in total.